The lowest BCUT2D eigenvalue weighted by Crippen LogP contribution is -2.27. The molecule has 1 aromatic rings. The maximum Gasteiger partial charge on any atom is 0.323 e. The van der Waals surface area contributed by atoms with Gasteiger partial charge in [0.2, 0.25) is 0 Å². The van der Waals surface area contributed by atoms with E-state index in [4.69, 9.17) is 0 Å². The van der Waals surface area contributed by atoms with Crippen molar-refractivity contribution in [2.24, 2.45) is 0 Å². The summed E-state index contributed by atoms with van der Waals surface area (Å²) in [7, 11) is 0. The van der Waals surface area contributed by atoms with Gasteiger partial charge >= 0.3 is 6.03 Å². The Morgan fingerprint density at radius 1 is 1.54 bits per heavy atom. The number of rotatable bonds is 1. The molecule has 0 atom stereocenters. The predicted octanol–water partition coefficient (Wildman–Crippen LogP) is 1.29. The molecule has 0 aliphatic carbocycles. The first-order chi connectivity index (χ1) is 6.18. The number of carbonyl (C=O) groups is 1. The van der Waals surface area contributed by atoms with Crippen LogP contribution in [0.2, 0.25) is 0 Å². The molecule has 5 heteroatoms. The second-order valence-corrected chi connectivity index (χ2v) is 4.20. The van der Waals surface area contributed by atoms with E-state index in [2.05, 4.69) is 10.3 Å². The highest BCUT2D eigenvalue weighted by atomic mass is 32.1. The standard InChI is InChI=1S/C8H11N3OS/c1-5-6(2)13-8(10-5)11-4-3-9-7(11)12/h3-4H2,1-2H3,(H,9,12). The molecule has 13 heavy (non-hydrogen) atoms. The number of amides is 2. The van der Waals surface area contributed by atoms with Crippen LogP contribution in [-0.2, 0) is 0 Å². The molecule has 0 radical (unpaired) electrons. The van der Waals surface area contributed by atoms with E-state index in [9.17, 15) is 4.79 Å². The monoisotopic (exact) mass is 197 g/mol. The van der Waals surface area contributed by atoms with Crippen LogP contribution in [0.3, 0.4) is 0 Å². The molecule has 1 fully saturated rings. The Bertz CT molecular complexity index is 328. The van der Waals surface area contributed by atoms with Crippen molar-refractivity contribution in [1.82, 2.24) is 10.3 Å². The van der Waals surface area contributed by atoms with E-state index in [0.29, 0.717) is 0 Å². The van der Waals surface area contributed by atoms with Crippen molar-refractivity contribution >= 4 is 22.5 Å². The number of anilines is 1. The van der Waals surface area contributed by atoms with Crippen molar-refractivity contribution < 1.29 is 4.79 Å². The van der Waals surface area contributed by atoms with E-state index in [1.54, 1.807) is 16.2 Å². The zero-order valence-corrected chi connectivity index (χ0v) is 8.44. The summed E-state index contributed by atoms with van der Waals surface area (Å²) in [5.74, 6) is 0. The van der Waals surface area contributed by atoms with Crippen LogP contribution in [0.4, 0.5) is 9.93 Å². The minimum Gasteiger partial charge on any atom is -0.336 e. The van der Waals surface area contributed by atoms with Gasteiger partial charge in [-0.2, -0.15) is 0 Å². The normalized spacial score (nSPS) is 16.5. The lowest BCUT2D eigenvalue weighted by atomic mass is 10.4. The molecular formula is C8H11N3OS. The Balaban J connectivity index is 2.29. The average Bonchev–Trinajstić information content (AvgIpc) is 2.60. The van der Waals surface area contributed by atoms with Crippen LogP contribution < -0.4 is 10.2 Å². The lowest BCUT2D eigenvalue weighted by molar-refractivity contribution is 0.252. The summed E-state index contributed by atoms with van der Waals surface area (Å²) in [6.45, 7) is 5.43. The van der Waals surface area contributed by atoms with Gasteiger partial charge in [-0.15, -0.1) is 11.3 Å². The van der Waals surface area contributed by atoms with Crippen LogP contribution in [-0.4, -0.2) is 24.1 Å². The minimum absolute atomic E-state index is 0.0336. The van der Waals surface area contributed by atoms with Gasteiger partial charge in [-0.05, 0) is 13.8 Å². The first kappa shape index (κ1) is 8.50. The topological polar surface area (TPSA) is 45.2 Å². The molecule has 0 saturated carbocycles. The number of aryl methyl sites for hydroxylation is 2. The minimum atomic E-state index is -0.0336. The molecule has 0 spiro atoms. The van der Waals surface area contributed by atoms with E-state index < -0.39 is 0 Å². The smallest absolute Gasteiger partial charge is 0.323 e. The van der Waals surface area contributed by atoms with Crippen molar-refractivity contribution in [2.75, 3.05) is 18.0 Å². The molecule has 70 valence electrons. The molecule has 2 heterocycles. The van der Waals surface area contributed by atoms with Gasteiger partial charge in [0, 0.05) is 18.0 Å². The molecule has 1 aliphatic heterocycles. The maximum absolute atomic E-state index is 11.3. The molecule has 2 rings (SSSR count). The van der Waals surface area contributed by atoms with Crippen LogP contribution in [0.5, 0.6) is 0 Å². The fourth-order valence-corrected chi connectivity index (χ4v) is 2.16. The van der Waals surface area contributed by atoms with E-state index in [0.717, 1.165) is 23.9 Å². The third-order valence-corrected chi connectivity index (χ3v) is 3.20. The summed E-state index contributed by atoms with van der Waals surface area (Å²) in [6, 6.07) is -0.0336. The van der Waals surface area contributed by atoms with Crippen LogP contribution in [0, 0.1) is 13.8 Å². The zero-order valence-electron chi connectivity index (χ0n) is 7.63. The van der Waals surface area contributed by atoms with Gasteiger partial charge in [-0.25, -0.2) is 9.78 Å². The van der Waals surface area contributed by atoms with Crippen LogP contribution in [0.15, 0.2) is 0 Å². The Morgan fingerprint density at radius 3 is 2.77 bits per heavy atom. The van der Waals surface area contributed by atoms with Crippen molar-refractivity contribution in [3.05, 3.63) is 10.6 Å². The van der Waals surface area contributed by atoms with E-state index >= 15 is 0 Å². The molecule has 1 aliphatic rings. The second kappa shape index (κ2) is 2.99. The first-order valence-electron chi connectivity index (χ1n) is 4.18. The summed E-state index contributed by atoms with van der Waals surface area (Å²) in [4.78, 5) is 18.5. The highest BCUT2D eigenvalue weighted by Crippen LogP contribution is 2.25. The number of thiazole rings is 1. The van der Waals surface area contributed by atoms with Gasteiger partial charge in [0.25, 0.3) is 0 Å². The Labute approximate surface area is 80.6 Å². The van der Waals surface area contributed by atoms with Gasteiger partial charge in [0.1, 0.15) is 0 Å². The van der Waals surface area contributed by atoms with Crippen LogP contribution in [0.25, 0.3) is 0 Å². The number of aromatic nitrogens is 1. The van der Waals surface area contributed by atoms with Crippen molar-refractivity contribution in [3.63, 3.8) is 0 Å². The molecule has 1 N–H and O–H groups in total. The quantitative estimate of drug-likeness (QED) is 0.737. The number of nitrogens with one attached hydrogen (secondary N) is 1. The van der Waals surface area contributed by atoms with Crippen LogP contribution >= 0.6 is 11.3 Å². The molecule has 0 bridgehead atoms. The van der Waals surface area contributed by atoms with E-state index in [-0.39, 0.29) is 6.03 Å². The fourth-order valence-electron chi connectivity index (χ4n) is 1.23. The highest BCUT2D eigenvalue weighted by molar-refractivity contribution is 7.15. The van der Waals surface area contributed by atoms with Gasteiger partial charge in [0.15, 0.2) is 5.13 Å². The number of urea groups is 1. The largest absolute Gasteiger partial charge is 0.336 e. The average molecular weight is 197 g/mol. The van der Waals surface area contributed by atoms with Crippen LogP contribution in [0.1, 0.15) is 10.6 Å². The van der Waals surface area contributed by atoms with Gasteiger partial charge in [-0.3, -0.25) is 4.90 Å². The summed E-state index contributed by atoms with van der Waals surface area (Å²) in [5, 5.41) is 3.56. The Hall–Kier alpha value is -1.10. The number of hydrogen-bond donors (Lipinski definition) is 1. The molecule has 1 aromatic heterocycles. The summed E-state index contributed by atoms with van der Waals surface area (Å²) in [6.07, 6.45) is 0. The molecule has 0 unspecified atom stereocenters. The van der Waals surface area contributed by atoms with Crippen molar-refractivity contribution in [3.8, 4) is 0 Å². The third kappa shape index (κ3) is 1.39. The number of nitrogens with zero attached hydrogens (tertiary/aromatic N) is 2. The predicted molar refractivity (Wildman–Crippen MR) is 52.3 cm³/mol. The summed E-state index contributed by atoms with van der Waals surface area (Å²) >= 11 is 1.57. The second-order valence-electron chi connectivity index (χ2n) is 3.02. The Morgan fingerprint density at radius 2 is 2.31 bits per heavy atom. The third-order valence-electron chi connectivity index (χ3n) is 2.10. The first-order valence-corrected chi connectivity index (χ1v) is 4.99. The van der Waals surface area contributed by atoms with E-state index in [1.807, 2.05) is 13.8 Å². The molecular weight excluding hydrogens is 186 g/mol. The fraction of sp³-hybridized carbons (Fsp3) is 0.500. The Kier molecular flexibility index (Phi) is 1.95. The lowest BCUT2D eigenvalue weighted by Gasteiger charge is -2.08. The van der Waals surface area contributed by atoms with Crippen molar-refractivity contribution in [1.29, 1.82) is 0 Å². The molecule has 2 amide bonds. The zero-order chi connectivity index (χ0) is 9.42. The SMILES string of the molecule is Cc1nc(N2CCNC2=O)sc1C. The summed E-state index contributed by atoms with van der Waals surface area (Å²) in [5.41, 5.74) is 1.01. The number of hydrogen-bond acceptors (Lipinski definition) is 3. The van der Waals surface area contributed by atoms with Gasteiger partial charge < -0.3 is 5.32 Å². The summed E-state index contributed by atoms with van der Waals surface area (Å²) < 4.78 is 0. The maximum atomic E-state index is 11.3. The number of carbonyl (C=O) groups excluding carboxylic acids is 1. The van der Waals surface area contributed by atoms with E-state index in [1.165, 1.54) is 4.88 Å². The molecule has 1 saturated heterocycles. The molecule has 0 aromatic carbocycles. The van der Waals surface area contributed by atoms with Gasteiger partial charge in [-0.1, -0.05) is 0 Å². The van der Waals surface area contributed by atoms with Gasteiger partial charge in [0.05, 0.1) is 5.69 Å². The highest BCUT2D eigenvalue weighted by Gasteiger charge is 2.23. The molecule has 4 nitrogen and oxygen atoms in total. The van der Waals surface area contributed by atoms with Crippen molar-refractivity contribution in [2.45, 2.75) is 13.8 Å².